The van der Waals surface area contributed by atoms with Crippen molar-refractivity contribution in [3.05, 3.63) is 18.0 Å². The molecule has 1 aromatic heterocycles. The highest BCUT2D eigenvalue weighted by Crippen LogP contribution is 2.19. The molecule has 1 aliphatic heterocycles. The van der Waals surface area contributed by atoms with Gasteiger partial charge in [0.05, 0.1) is 6.20 Å². The van der Waals surface area contributed by atoms with Crippen molar-refractivity contribution in [1.82, 2.24) is 15.1 Å². The summed E-state index contributed by atoms with van der Waals surface area (Å²) in [7, 11) is 0. The number of aromatic nitrogens is 2. The third-order valence-corrected chi connectivity index (χ3v) is 3.15. The lowest BCUT2D eigenvalue weighted by Crippen LogP contribution is -2.27. The van der Waals surface area contributed by atoms with E-state index < -0.39 is 6.55 Å². The van der Waals surface area contributed by atoms with Crippen LogP contribution >= 0.6 is 0 Å². The van der Waals surface area contributed by atoms with E-state index in [1.54, 1.807) is 6.20 Å². The summed E-state index contributed by atoms with van der Waals surface area (Å²) in [6.07, 6.45) is 7.33. The summed E-state index contributed by atoms with van der Waals surface area (Å²) >= 11 is 0. The van der Waals surface area contributed by atoms with Crippen molar-refractivity contribution < 1.29 is 8.78 Å². The predicted molar refractivity (Wildman–Crippen MR) is 57.4 cm³/mol. The monoisotopic (exact) mass is 229 g/mol. The van der Waals surface area contributed by atoms with E-state index in [0.29, 0.717) is 0 Å². The first-order valence-electron chi connectivity index (χ1n) is 5.77. The average molecular weight is 229 g/mol. The van der Waals surface area contributed by atoms with Gasteiger partial charge in [0.1, 0.15) is 0 Å². The Morgan fingerprint density at radius 1 is 1.44 bits per heavy atom. The fourth-order valence-corrected chi connectivity index (χ4v) is 2.15. The molecule has 2 rings (SSSR count). The zero-order chi connectivity index (χ0) is 11.4. The third kappa shape index (κ3) is 3.01. The number of nitrogens with zero attached hydrogens (tertiary/aromatic N) is 2. The molecule has 5 heteroatoms. The van der Waals surface area contributed by atoms with Crippen molar-refractivity contribution in [2.45, 2.75) is 32.2 Å². The maximum atomic E-state index is 12.3. The van der Waals surface area contributed by atoms with Crippen molar-refractivity contribution in [3.63, 3.8) is 0 Å². The van der Waals surface area contributed by atoms with Gasteiger partial charge in [-0.25, -0.2) is 4.68 Å². The second-order valence-electron chi connectivity index (χ2n) is 4.34. The summed E-state index contributed by atoms with van der Waals surface area (Å²) in [5, 5.41) is 6.95. The SMILES string of the molecule is FC(F)n1cc(CCC2CCNCC2)cn1. The molecule has 16 heavy (non-hydrogen) atoms. The van der Waals surface area contributed by atoms with Crippen LogP contribution in [0.1, 0.15) is 31.4 Å². The lowest BCUT2D eigenvalue weighted by atomic mass is 9.92. The summed E-state index contributed by atoms with van der Waals surface area (Å²) in [4.78, 5) is 0. The lowest BCUT2D eigenvalue weighted by Gasteiger charge is -2.22. The Bertz CT molecular complexity index is 319. The standard InChI is InChI=1S/C11H17F2N3/c12-11(13)16-8-10(7-15-16)2-1-9-3-5-14-6-4-9/h7-9,11,14H,1-6H2. The summed E-state index contributed by atoms with van der Waals surface area (Å²) < 4.78 is 25.3. The molecule has 0 aromatic carbocycles. The largest absolute Gasteiger partial charge is 0.333 e. The molecule has 1 aromatic rings. The Morgan fingerprint density at radius 3 is 2.81 bits per heavy atom. The van der Waals surface area contributed by atoms with Gasteiger partial charge in [-0.1, -0.05) is 0 Å². The molecule has 0 aliphatic carbocycles. The molecule has 1 N–H and O–H groups in total. The van der Waals surface area contributed by atoms with Gasteiger partial charge in [0.15, 0.2) is 0 Å². The van der Waals surface area contributed by atoms with Crippen LogP contribution in [-0.2, 0) is 6.42 Å². The van der Waals surface area contributed by atoms with Crippen molar-refractivity contribution >= 4 is 0 Å². The Balaban J connectivity index is 1.79. The first-order valence-corrected chi connectivity index (χ1v) is 5.77. The van der Waals surface area contributed by atoms with Gasteiger partial charge in [0, 0.05) is 6.20 Å². The number of rotatable bonds is 4. The van der Waals surface area contributed by atoms with Crippen LogP contribution in [0.5, 0.6) is 0 Å². The molecular formula is C11H17F2N3. The van der Waals surface area contributed by atoms with E-state index in [0.717, 1.165) is 42.1 Å². The molecule has 1 saturated heterocycles. The van der Waals surface area contributed by atoms with Gasteiger partial charge in [-0.3, -0.25) is 0 Å². The minimum absolute atomic E-state index is 0.720. The first kappa shape index (κ1) is 11.5. The zero-order valence-corrected chi connectivity index (χ0v) is 9.20. The van der Waals surface area contributed by atoms with Crippen LogP contribution in [0.15, 0.2) is 12.4 Å². The average Bonchev–Trinajstić information content (AvgIpc) is 2.76. The van der Waals surface area contributed by atoms with Gasteiger partial charge >= 0.3 is 6.55 Å². The second kappa shape index (κ2) is 5.39. The van der Waals surface area contributed by atoms with E-state index in [4.69, 9.17) is 0 Å². The number of nitrogens with one attached hydrogen (secondary N) is 1. The molecule has 1 fully saturated rings. The highest BCUT2D eigenvalue weighted by atomic mass is 19.3. The molecule has 0 atom stereocenters. The van der Waals surface area contributed by atoms with Gasteiger partial charge in [0.2, 0.25) is 0 Å². The molecule has 1 aliphatic rings. The molecule has 0 amide bonds. The molecule has 3 nitrogen and oxygen atoms in total. The van der Waals surface area contributed by atoms with Crippen LogP contribution in [0.3, 0.4) is 0 Å². The fourth-order valence-electron chi connectivity index (χ4n) is 2.15. The van der Waals surface area contributed by atoms with Crippen LogP contribution in [0.4, 0.5) is 8.78 Å². The third-order valence-electron chi connectivity index (χ3n) is 3.15. The van der Waals surface area contributed by atoms with Crippen molar-refractivity contribution in [2.24, 2.45) is 5.92 Å². The fraction of sp³-hybridized carbons (Fsp3) is 0.727. The van der Waals surface area contributed by atoms with E-state index in [9.17, 15) is 8.78 Å². The van der Waals surface area contributed by atoms with E-state index in [1.807, 2.05) is 0 Å². The second-order valence-corrected chi connectivity index (χ2v) is 4.34. The van der Waals surface area contributed by atoms with E-state index in [1.165, 1.54) is 19.0 Å². The van der Waals surface area contributed by atoms with Crippen LogP contribution in [0, 0.1) is 5.92 Å². The molecule has 2 heterocycles. The quantitative estimate of drug-likeness (QED) is 0.857. The van der Waals surface area contributed by atoms with E-state index >= 15 is 0 Å². The summed E-state index contributed by atoms with van der Waals surface area (Å²) in [6, 6.07) is 0. The van der Waals surface area contributed by atoms with Crippen molar-refractivity contribution in [2.75, 3.05) is 13.1 Å². The van der Waals surface area contributed by atoms with Crippen LogP contribution in [0.25, 0.3) is 0 Å². The summed E-state index contributed by atoms with van der Waals surface area (Å²) in [6.45, 7) is -0.352. The van der Waals surface area contributed by atoms with Crippen LogP contribution in [0.2, 0.25) is 0 Å². The van der Waals surface area contributed by atoms with E-state index in [-0.39, 0.29) is 0 Å². The number of piperidine rings is 1. The molecule has 90 valence electrons. The maximum Gasteiger partial charge on any atom is 0.333 e. The molecule has 0 unspecified atom stereocenters. The topological polar surface area (TPSA) is 29.9 Å². The van der Waals surface area contributed by atoms with Gasteiger partial charge in [-0.15, -0.1) is 0 Å². The zero-order valence-electron chi connectivity index (χ0n) is 9.20. The minimum Gasteiger partial charge on any atom is -0.317 e. The molecule has 0 saturated carbocycles. The smallest absolute Gasteiger partial charge is 0.317 e. The number of alkyl halides is 2. The molecule has 0 spiro atoms. The van der Waals surface area contributed by atoms with Crippen LogP contribution < -0.4 is 5.32 Å². The normalized spacial score (nSPS) is 18.2. The maximum absolute atomic E-state index is 12.3. The summed E-state index contributed by atoms with van der Waals surface area (Å²) in [5.41, 5.74) is 0.916. The molecule has 0 radical (unpaired) electrons. The first-order chi connectivity index (χ1) is 7.75. The van der Waals surface area contributed by atoms with Gasteiger partial charge < -0.3 is 5.32 Å². The molecular weight excluding hydrogens is 212 g/mol. The van der Waals surface area contributed by atoms with E-state index in [2.05, 4.69) is 10.4 Å². The van der Waals surface area contributed by atoms with Crippen LogP contribution in [-0.4, -0.2) is 22.9 Å². The molecule has 0 bridgehead atoms. The summed E-state index contributed by atoms with van der Waals surface area (Å²) in [5.74, 6) is 0.733. The number of hydrogen-bond acceptors (Lipinski definition) is 2. The highest BCUT2D eigenvalue weighted by Gasteiger charge is 2.13. The number of hydrogen-bond donors (Lipinski definition) is 1. The van der Waals surface area contributed by atoms with Gasteiger partial charge in [0.25, 0.3) is 0 Å². The Labute approximate surface area is 93.8 Å². The highest BCUT2D eigenvalue weighted by molar-refractivity contribution is 5.04. The minimum atomic E-state index is -2.52. The Hall–Kier alpha value is -0.970. The van der Waals surface area contributed by atoms with Crippen molar-refractivity contribution in [1.29, 1.82) is 0 Å². The van der Waals surface area contributed by atoms with Crippen molar-refractivity contribution in [3.8, 4) is 0 Å². The lowest BCUT2D eigenvalue weighted by molar-refractivity contribution is 0.0565. The Morgan fingerprint density at radius 2 is 2.19 bits per heavy atom. The van der Waals surface area contributed by atoms with Gasteiger partial charge in [-0.05, 0) is 50.3 Å². The number of halogens is 2. The Kier molecular flexibility index (Phi) is 3.88. The van der Waals surface area contributed by atoms with Gasteiger partial charge in [-0.2, -0.15) is 13.9 Å². The number of aryl methyl sites for hydroxylation is 1. The predicted octanol–water partition coefficient (Wildman–Crippen LogP) is 2.21.